The zero-order valence-electron chi connectivity index (χ0n) is 38.4. The molecule has 0 aliphatic heterocycles. The van der Waals surface area contributed by atoms with E-state index in [0.29, 0.717) is 23.0 Å². The van der Waals surface area contributed by atoms with Crippen molar-refractivity contribution < 1.29 is 20.4 Å². The number of phenolic OH excluding ortho intramolecular Hbond substituents is 4. The Kier molecular flexibility index (Phi) is 14.3. The topological polar surface area (TPSA) is 80.9 Å². The maximum Gasteiger partial charge on any atom is 0.119 e. The zero-order valence-corrected chi connectivity index (χ0v) is 38.4. The van der Waals surface area contributed by atoms with Crippen molar-refractivity contribution in [2.45, 2.75) is 184 Å². The monoisotopic (exact) mass is 765 g/mol. The van der Waals surface area contributed by atoms with E-state index in [2.05, 4.69) is 149 Å². The van der Waals surface area contributed by atoms with Crippen LogP contribution in [0.4, 0.5) is 0 Å². The molecule has 4 rings (SSSR count). The minimum atomic E-state index is -0.121. The van der Waals surface area contributed by atoms with Crippen molar-refractivity contribution in [3.8, 4) is 23.0 Å². The normalized spacial score (nSPS) is 12.6. The van der Waals surface area contributed by atoms with E-state index in [1.807, 2.05) is 24.3 Å². The van der Waals surface area contributed by atoms with Crippen LogP contribution in [0.2, 0.25) is 0 Å². The van der Waals surface area contributed by atoms with E-state index >= 15 is 0 Å². The van der Waals surface area contributed by atoms with Gasteiger partial charge in [-0.05, 0) is 153 Å². The first-order valence-corrected chi connectivity index (χ1v) is 20.9. The second-order valence-electron chi connectivity index (χ2n) is 20.6. The van der Waals surface area contributed by atoms with Crippen molar-refractivity contribution in [2.24, 2.45) is 0 Å². The second-order valence-corrected chi connectivity index (χ2v) is 20.6. The number of hydrogen-bond donors (Lipinski definition) is 4. The lowest BCUT2D eigenvalue weighted by molar-refractivity contribution is 0.443. The molecule has 4 aromatic carbocycles. The van der Waals surface area contributed by atoms with Crippen molar-refractivity contribution in [1.82, 2.24) is 0 Å². The molecule has 0 radical (unpaired) electrons. The summed E-state index contributed by atoms with van der Waals surface area (Å²) in [6, 6.07) is 16.5. The molecule has 0 saturated carbocycles. The summed E-state index contributed by atoms with van der Waals surface area (Å²) in [6.07, 6.45) is 4.21. The minimum absolute atomic E-state index is 0.121. The molecule has 0 saturated heterocycles. The van der Waals surface area contributed by atoms with E-state index in [1.54, 1.807) is 0 Å². The van der Waals surface area contributed by atoms with Crippen LogP contribution in [0.5, 0.6) is 23.0 Å². The van der Waals surface area contributed by atoms with E-state index in [9.17, 15) is 20.4 Å². The van der Waals surface area contributed by atoms with Gasteiger partial charge in [0.25, 0.3) is 0 Å². The Morgan fingerprint density at radius 2 is 0.536 bits per heavy atom. The highest BCUT2D eigenvalue weighted by molar-refractivity contribution is 5.54. The fourth-order valence-corrected chi connectivity index (χ4v) is 8.28. The van der Waals surface area contributed by atoms with Gasteiger partial charge in [-0.15, -0.1) is 0 Å². The van der Waals surface area contributed by atoms with Crippen LogP contribution in [0.25, 0.3) is 0 Å². The van der Waals surface area contributed by atoms with Crippen LogP contribution < -0.4 is 0 Å². The van der Waals surface area contributed by atoms with Gasteiger partial charge in [-0.1, -0.05) is 134 Å². The van der Waals surface area contributed by atoms with Gasteiger partial charge in [0, 0.05) is 11.8 Å². The quantitative estimate of drug-likeness (QED) is 0.144. The first-order valence-electron chi connectivity index (χ1n) is 20.9. The molecule has 0 amide bonds. The van der Waals surface area contributed by atoms with E-state index in [-0.39, 0.29) is 33.5 Å². The SMILES string of the molecule is CCCC(c1cc(C(C)(C)C)c(O)cc1C)c1cc(C(C)(C)C)c(O)cc1C.CCCC(c1cc(C(C)(C)C)c(O)cc1C)c1cc(C(C)(C)C)c(O)cc1C. The summed E-state index contributed by atoms with van der Waals surface area (Å²) in [5.74, 6) is 1.99. The third-order valence-corrected chi connectivity index (χ3v) is 11.4. The lowest BCUT2D eigenvalue weighted by Crippen LogP contribution is -2.16. The summed E-state index contributed by atoms with van der Waals surface area (Å²) in [6.45, 7) is 38.4. The highest BCUT2D eigenvalue weighted by atomic mass is 16.3. The molecule has 0 bridgehead atoms. The summed E-state index contributed by atoms with van der Waals surface area (Å²) in [5.41, 5.74) is 13.0. The Morgan fingerprint density at radius 3 is 0.679 bits per heavy atom. The van der Waals surface area contributed by atoms with Gasteiger partial charge in [-0.2, -0.15) is 0 Å². The number of hydrogen-bond acceptors (Lipinski definition) is 4. The Bertz CT molecular complexity index is 1700. The molecule has 0 aromatic heterocycles. The first-order chi connectivity index (χ1) is 25.5. The molecular weight excluding hydrogens is 689 g/mol. The number of benzene rings is 4. The molecule has 0 aliphatic carbocycles. The highest BCUT2D eigenvalue weighted by Gasteiger charge is 2.29. The first kappa shape index (κ1) is 46.5. The molecule has 308 valence electrons. The van der Waals surface area contributed by atoms with Gasteiger partial charge in [0.2, 0.25) is 0 Å². The van der Waals surface area contributed by atoms with Gasteiger partial charge in [-0.3, -0.25) is 0 Å². The summed E-state index contributed by atoms with van der Waals surface area (Å²) in [4.78, 5) is 0. The number of aryl methyl sites for hydroxylation is 4. The summed E-state index contributed by atoms with van der Waals surface area (Å²) in [7, 11) is 0. The van der Waals surface area contributed by atoms with Crippen LogP contribution >= 0.6 is 0 Å². The van der Waals surface area contributed by atoms with Crippen LogP contribution in [-0.4, -0.2) is 20.4 Å². The molecular formula is C52H76O4. The highest BCUT2D eigenvalue weighted by Crippen LogP contribution is 2.44. The summed E-state index contributed by atoms with van der Waals surface area (Å²) < 4.78 is 0. The molecule has 0 spiro atoms. The smallest absolute Gasteiger partial charge is 0.119 e. The van der Waals surface area contributed by atoms with Crippen LogP contribution in [0.1, 0.15) is 201 Å². The minimum Gasteiger partial charge on any atom is -0.508 e. The second kappa shape index (κ2) is 17.3. The molecule has 4 nitrogen and oxygen atoms in total. The van der Waals surface area contributed by atoms with Gasteiger partial charge in [0.15, 0.2) is 0 Å². The van der Waals surface area contributed by atoms with Gasteiger partial charge in [-0.25, -0.2) is 0 Å². The van der Waals surface area contributed by atoms with E-state index in [1.165, 1.54) is 22.3 Å². The lowest BCUT2D eigenvalue weighted by atomic mass is 9.76. The largest absolute Gasteiger partial charge is 0.508 e. The van der Waals surface area contributed by atoms with E-state index in [4.69, 9.17) is 0 Å². The number of phenols is 4. The average molecular weight is 765 g/mol. The zero-order chi connectivity index (χ0) is 42.9. The molecule has 56 heavy (non-hydrogen) atoms. The molecule has 0 heterocycles. The Hall–Kier alpha value is -3.92. The Labute approximate surface area is 341 Å². The predicted molar refractivity (Wildman–Crippen MR) is 240 cm³/mol. The van der Waals surface area contributed by atoms with E-state index < -0.39 is 0 Å². The van der Waals surface area contributed by atoms with Crippen LogP contribution in [0.3, 0.4) is 0 Å². The van der Waals surface area contributed by atoms with Crippen molar-refractivity contribution in [3.05, 3.63) is 115 Å². The maximum absolute atomic E-state index is 10.5. The maximum atomic E-state index is 10.5. The average Bonchev–Trinajstić information content (AvgIpc) is 3.01. The van der Waals surface area contributed by atoms with Crippen LogP contribution in [0, 0.1) is 27.7 Å². The standard InChI is InChI=1S/2C26H38O2/c2*1-10-11-18(19-14-21(25(4,5)6)23(27)12-16(19)2)20-15-22(26(7,8)9)24(28)13-17(20)3/h2*12-15,18,27-28H,10-11H2,1-9H3. The molecule has 4 N–H and O–H groups in total. The Morgan fingerprint density at radius 1 is 0.357 bits per heavy atom. The fraction of sp³-hybridized carbons (Fsp3) is 0.538. The number of rotatable bonds is 8. The summed E-state index contributed by atoms with van der Waals surface area (Å²) in [5, 5.41) is 42.2. The summed E-state index contributed by atoms with van der Waals surface area (Å²) >= 11 is 0. The van der Waals surface area contributed by atoms with Crippen LogP contribution in [0.15, 0.2) is 48.5 Å². The van der Waals surface area contributed by atoms with Crippen molar-refractivity contribution >= 4 is 0 Å². The molecule has 0 atom stereocenters. The van der Waals surface area contributed by atoms with Gasteiger partial charge in [0.1, 0.15) is 23.0 Å². The van der Waals surface area contributed by atoms with Crippen molar-refractivity contribution in [3.63, 3.8) is 0 Å². The molecule has 4 aromatic rings. The molecule has 0 fully saturated rings. The van der Waals surface area contributed by atoms with Gasteiger partial charge in [0.05, 0.1) is 0 Å². The molecule has 0 unspecified atom stereocenters. The molecule has 0 aliphatic rings. The van der Waals surface area contributed by atoms with Crippen molar-refractivity contribution in [2.75, 3.05) is 0 Å². The van der Waals surface area contributed by atoms with Crippen molar-refractivity contribution in [1.29, 1.82) is 0 Å². The predicted octanol–water partition coefficient (Wildman–Crippen LogP) is 14.5. The third-order valence-electron chi connectivity index (χ3n) is 11.4. The third kappa shape index (κ3) is 10.7. The fourth-order valence-electron chi connectivity index (χ4n) is 8.28. The number of aromatic hydroxyl groups is 4. The van der Waals surface area contributed by atoms with Gasteiger partial charge >= 0.3 is 0 Å². The Balaban J connectivity index is 0.000000300. The van der Waals surface area contributed by atoms with Crippen LogP contribution in [-0.2, 0) is 21.7 Å². The van der Waals surface area contributed by atoms with Gasteiger partial charge < -0.3 is 20.4 Å². The molecule has 4 heteroatoms. The lowest BCUT2D eigenvalue weighted by Gasteiger charge is -2.29. The van der Waals surface area contributed by atoms with E-state index in [0.717, 1.165) is 70.2 Å².